The van der Waals surface area contributed by atoms with E-state index in [1.54, 1.807) is 13.8 Å². The van der Waals surface area contributed by atoms with Crippen LogP contribution in [0.1, 0.15) is 22.8 Å². The Morgan fingerprint density at radius 1 is 1.31 bits per heavy atom. The molecule has 88 valence electrons. The number of aromatic hydroxyl groups is 1. The zero-order chi connectivity index (χ0) is 12.5. The number of benzene rings is 1. The van der Waals surface area contributed by atoms with Gasteiger partial charge in [-0.25, -0.2) is 0 Å². The summed E-state index contributed by atoms with van der Waals surface area (Å²) in [6, 6.07) is 1.68. The lowest BCUT2D eigenvalue weighted by Gasteiger charge is -2.17. The molecule has 0 aliphatic carbocycles. The zero-order valence-electron chi connectivity index (χ0n) is 9.14. The Kier molecular flexibility index (Phi) is 3.51. The van der Waals surface area contributed by atoms with Gasteiger partial charge in [0.05, 0.1) is 0 Å². The van der Waals surface area contributed by atoms with Gasteiger partial charge in [-0.15, -0.1) is 0 Å². The number of aliphatic hydroxyl groups excluding tert-OH is 1. The molecule has 16 heavy (non-hydrogen) atoms. The average molecular weight is 225 g/mol. The molecule has 5 N–H and O–H groups in total. The lowest BCUT2D eigenvalue weighted by Crippen LogP contribution is -2.36. The molecule has 2 unspecified atom stereocenters. The number of phenolic OH excluding ortho intramolecular Hbond substituents is 1. The summed E-state index contributed by atoms with van der Waals surface area (Å²) in [5, 5.41) is 27.9. The predicted octanol–water partition coefficient (Wildman–Crippen LogP) is 0.454. The Bertz CT molecular complexity index is 393. The van der Waals surface area contributed by atoms with Crippen molar-refractivity contribution in [3.8, 4) is 5.75 Å². The van der Waals surface area contributed by atoms with Gasteiger partial charge in [0.15, 0.2) is 0 Å². The van der Waals surface area contributed by atoms with Crippen LogP contribution in [0.15, 0.2) is 12.1 Å². The maximum atomic E-state index is 10.6. The molecule has 1 rings (SSSR count). The summed E-state index contributed by atoms with van der Waals surface area (Å²) in [5.41, 5.74) is 6.86. The number of carbonyl (C=O) groups is 1. The van der Waals surface area contributed by atoms with Gasteiger partial charge in [0, 0.05) is 0 Å². The number of carboxylic acids is 1. The van der Waals surface area contributed by atoms with Crippen molar-refractivity contribution in [3.05, 3.63) is 28.8 Å². The van der Waals surface area contributed by atoms with Gasteiger partial charge in [0.1, 0.15) is 17.9 Å². The normalized spacial score (nSPS) is 14.5. The number of aliphatic hydroxyl groups is 1. The molecule has 5 nitrogen and oxygen atoms in total. The van der Waals surface area contributed by atoms with E-state index in [4.69, 9.17) is 10.8 Å². The second-order valence-electron chi connectivity index (χ2n) is 3.81. The molecule has 0 spiro atoms. The molecule has 2 atom stereocenters. The minimum Gasteiger partial charge on any atom is -0.507 e. The van der Waals surface area contributed by atoms with E-state index in [-0.39, 0.29) is 5.75 Å². The third kappa shape index (κ3) is 2.32. The third-order valence-corrected chi connectivity index (χ3v) is 2.48. The van der Waals surface area contributed by atoms with Gasteiger partial charge in [0.25, 0.3) is 0 Å². The summed E-state index contributed by atoms with van der Waals surface area (Å²) in [6.45, 7) is 3.34. The fourth-order valence-electron chi connectivity index (χ4n) is 1.50. The summed E-state index contributed by atoms with van der Waals surface area (Å²) in [7, 11) is 0. The maximum Gasteiger partial charge on any atom is 0.323 e. The molecule has 0 aliphatic heterocycles. The Labute approximate surface area is 93.1 Å². The van der Waals surface area contributed by atoms with Gasteiger partial charge in [-0.2, -0.15) is 0 Å². The van der Waals surface area contributed by atoms with Crippen LogP contribution in [-0.4, -0.2) is 27.3 Å². The van der Waals surface area contributed by atoms with E-state index < -0.39 is 18.1 Å². The van der Waals surface area contributed by atoms with Gasteiger partial charge in [0.2, 0.25) is 0 Å². The number of aryl methyl sites for hydroxylation is 2. The molecular formula is C11H15NO4. The molecule has 0 saturated heterocycles. The van der Waals surface area contributed by atoms with Crippen molar-refractivity contribution in [2.45, 2.75) is 26.0 Å². The quantitative estimate of drug-likeness (QED) is 0.598. The fraction of sp³-hybridized carbons (Fsp3) is 0.364. The Hall–Kier alpha value is -1.59. The van der Waals surface area contributed by atoms with Crippen molar-refractivity contribution in [3.63, 3.8) is 0 Å². The van der Waals surface area contributed by atoms with Crippen LogP contribution in [0.4, 0.5) is 0 Å². The van der Waals surface area contributed by atoms with Crippen molar-refractivity contribution in [1.29, 1.82) is 0 Å². The van der Waals surface area contributed by atoms with Crippen LogP contribution >= 0.6 is 0 Å². The number of rotatable bonds is 3. The molecule has 1 aromatic carbocycles. The number of nitrogens with two attached hydrogens (primary N) is 1. The number of hydrogen-bond acceptors (Lipinski definition) is 4. The highest BCUT2D eigenvalue weighted by molar-refractivity contribution is 5.74. The van der Waals surface area contributed by atoms with E-state index in [1.165, 1.54) is 12.1 Å². The standard InChI is InChI=1S/C11H15NO4/c1-5-3-7(4-6(2)9(5)13)10(14)8(12)11(15)16/h3-4,8,10,13-14H,12H2,1-2H3,(H,15,16). The van der Waals surface area contributed by atoms with Crippen LogP contribution in [0.3, 0.4) is 0 Å². The van der Waals surface area contributed by atoms with Crippen molar-refractivity contribution in [1.82, 2.24) is 0 Å². The number of carboxylic acid groups (broad SMARTS) is 1. The summed E-state index contributed by atoms with van der Waals surface area (Å²) >= 11 is 0. The lowest BCUT2D eigenvalue weighted by molar-refractivity contribution is -0.141. The largest absolute Gasteiger partial charge is 0.507 e. The summed E-state index contributed by atoms with van der Waals surface area (Å²) in [4.78, 5) is 10.6. The van der Waals surface area contributed by atoms with Crippen molar-refractivity contribution >= 4 is 5.97 Å². The minimum absolute atomic E-state index is 0.139. The van der Waals surface area contributed by atoms with Crippen LogP contribution < -0.4 is 5.73 Å². The van der Waals surface area contributed by atoms with E-state index in [1.807, 2.05) is 0 Å². The zero-order valence-corrected chi connectivity index (χ0v) is 9.14. The molecule has 0 fully saturated rings. The monoisotopic (exact) mass is 225 g/mol. The molecule has 0 heterocycles. The average Bonchev–Trinajstić information content (AvgIpc) is 2.22. The van der Waals surface area contributed by atoms with E-state index in [0.29, 0.717) is 16.7 Å². The van der Waals surface area contributed by atoms with Gasteiger partial charge in [-0.1, -0.05) is 0 Å². The molecule has 5 heteroatoms. The first-order valence-electron chi connectivity index (χ1n) is 4.81. The van der Waals surface area contributed by atoms with Crippen LogP contribution in [0.25, 0.3) is 0 Å². The van der Waals surface area contributed by atoms with E-state index in [2.05, 4.69) is 0 Å². The molecule has 1 aromatic rings. The second kappa shape index (κ2) is 4.51. The first-order chi connectivity index (χ1) is 7.34. The maximum absolute atomic E-state index is 10.6. The highest BCUT2D eigenvalue weighted by Gasteiger charge is 2.24. The Morgan fingerprint density at radius 2 is 1.75 bits per heavy atom. The third-order valence-electron chi connectivity index (χ3n) is 2.48. The van der Waals surface area contributed by atoms with Crippen LogP contribution in [0.5, 0.6) is 5.75 Å². The Morgan fingerprint density at radius 3 is 2.12 bits per heavy atom. The lowest BCUT2D eigenvalue weighted by atomic mass is 9.98. The van der Waals surface area contributed by atoms with E-state index >= 15 is 0 Å². The molecule has 0 saturated carbocycles. The predicted molar refractivity (Wildman–Crippen MR) is 58.2 cm³/mol. The topological polar surface area (TPSA) is 104 Å². The van der Waals surface area contributed by atoms with Crippen molar-refractivity contribution in [2.75, 3.05) is 0 Å². The molecular weight excluding hydrogens is 210 g/mol. The minimum atomic E-state index is -1.37. The van der Waals surface area contributed by atoms with Crippen molar-refractivity contribution < 1.29 is 20.1 Å². The number of phenols is 1. The van der Waals surface area contributed by atoms with Crippen molar-refractivity contribution in [2.24, 2.45) is 5.73 Å². The van der Waals surface area contributed by atoms with Gasteiger partial charge in [-0.3, -0.25) is 4.79 Å². The summed E-state index contributed by atoms with van der Waals surface area (Å²) in [5.74, 6) is -1.13. The van der Waals surface area contributed by atoms with Gasteiger partial charge < -0.3 is 21.1 Å². The van der Waals surface area contributed by atoms with E-state index in [9.17, 15) is 15.0 Å². The summed E-state index contributed by atoms with van der Waals surface area (Å²) in [6.07, 6.45) is -1.28. The van der Waals surface area contributed by atoms with Crippen LogP contribution in [-0.2, 0) is 4.79 Å². The first-order valence-corrected chi connectivity index (χ1v) is 4.81. The van der Waals surface area contributed by atoms with Crippen LogP contribution in [0.2, 0.25) is 0 Å². The molecule has 0 amide bonds. The van der Waals surface area contributed by atoms with Gasteiger partial charge in [-0.05, 0) is 42.7 Å². The first kappa shape index (κ1) is 12.5. The smallest absolute Gasteiger partial charge is 0.323 e. The second-order valence-corrected chi connectivity index (χ2v) is 3.81. The summed E-state index contributed by atoms with van der Waals surface area (Å²) < 4.78 is 0. The highest BCUT2D eigenvalue weighted by atomic mass is 16.4. The SMILES string of the molecule is Cc1cc(C(O)C(N)C(=O)O)cc(C)c1O. The molecule has 0 bridgehead atoms. The molecule has 0 aliphatic rings. The number of aliphatic carboxylic acids is 1. The Balaban J connectivity index is 3.10. The molecule has 0 radical (unpaired) electrons. The fourth-order valence-corrected chi connectivity index (χ4v) is 1.50. The molecule has 0 aromatic heterocycles. The number of hydrogen-bond donors (Lipinski definition) is 4. The van der Waals surface area contributed by atoms with Gasteiger partial charge >= 0.3 is 5.97 Å². The van der Waals surface area contributed by atoms with Crippen LogP contribution in [0, 0.1) is 13.8 Å². The van der Waals surface area contributed by atoms with E-state index in [0.717, 1.165) is 0 Å². The highest BCUT2D eigenvalue weighted by Crippen LogP contribution is 2.27.